The predicted octanol–water partition coefficient (Wildman–Crippen LogP) is 0.970. The van der Waals surface area contributed by atoms with Gasteiger partial charge in [0.25, 0.3) is 0 Å². The first kappa shape index (κ1) is 24.7. The summed E-state index contributed by atoms with van der Waals surface area (Å²) >= 11 is 0. The summed E-state index contributed by atoms with van der Waals surface area (Å²) in [5.74, 6) is 1.44. The zero-order valence-corrected chi connectivity index (χ0v) is 20.5. The van der Waals surface area contributed by atoms with Crippen LogP contribution in [0.25, 0.3) is 0 Å². The Balaban J connectivity index is 1.22. The highest BCUT2D eigenvalue weighted by Gasteiger charge is 2.26. The highest BCUT2D eigenvalue weighted by Crippen LogP contribution is 2.19. The smallest absolute Gasteiger partial charge is 0.243 e. The molecule has 2 fully saturated rings. The van der Waals surface area contributed by atoms with Gasteiger partial charge in [0, 0.05) is 50.9 Å². The third kappa shape index (κ3) is 6.19. The van der Waals surface area contributed by atoms with Crippen molar-refractivity contribution >= 4 is 21.6 Å². The van der Waals surface area contributed by atoms with E-state index in [0.717, 1.165) is 32.0 Å². The van der Waals surface area contributed by atoms with Crippen molar-refractivity contribution in [2.45, 2.75) is 31.2 Å². The fourth-order valence-electron chi connectivity index (χ4n) is 3.91. The molecule has 0 bridgehead atoms. The molecule has 186 valence electrons. The number of sulfonamides is 1. The number of aromatic nitrogens is 2. The molecule has 1 N–H and O–H groups in total. The Bertz CT molecular complexity index is 1060. The van der Waals surface area contributed by atoms with Crippen molar-refractivity contribution in [3.8, 4) is 0 Å². The summed E-state index contributed by atoms with van der Waals surface area (Å²) in [6.45, 7) is 9.57. The molecule has 0 atom stereocenters. The first-order chi connectivity index (χ1) is 16.3. The van der Waals surface area contributed by atoms with Gasteiger partial charge in [0.05, 0.1) is 31.2 Å². The number of amides is 1. The number of carbonyl (C=O) groups is 1. The van der Waals surface area contributed by atoms with Crippen molar-refractivity contribution in [3.63, 3.8) is 0 Å². The van der Waals surface area contributed by atoms with Gasteiger partial charge >= 0.3 is 0 Å². The van der Waals surface area contributed by atoms with Gasteiger partial charge in [-0.15, -0.1) is 0 Å². The summed E-state index contributed by atoms with van der Waals surface area (Å²) in [5, 5.41) is 6.86. The van der Waals surface area contributed by atoms with Gasteiger partial charge < -0.3 is 14.6 Å². The fourth-order valence-corrected chi connectivity index (χ4v) is 5.32. The number of hydrogen-bond donors (Lipinski definition) is 1. The second kappa shape index (κ2) is 10.9. The van der Waals surface area contributed by atoms with Crippen LogP contribution in [0.1, 0.15) is 31.5 Å². The minimum absolute atomic E-state index is 0.129. The Morgan fingerprint density at radius 3 is 2.29 bits per heavy atom. The van der Waals surface area contributed by atoms with E-state index < -0.39 is 10.0 Å². The Labute approximate surface area is 200 Å². The van der Waals surface area contributed by atoms with E-state index >= 15 is 0 Å². The Hall–Kier alpha value is -2.38. The van der Waals surface area contributed by atoms with Gasteiger partial charge in [0.2, 0.25) is 21.8 Å². The monoisotopic (exact) mass is 492 g/mol. The average Bonchev–Trinajstić information content (AvgIpc) is 3.30. The highest BCUT2D eigenvalue weighted by molar-refractivity contribution is 7.89. The topological polar surface area (TPSA) is 121 Å². The van der Waals surface area contributed by atoms with E-state index in [0.29, 0.717) is 44.4 Å². The standard InChI is InChI=1S/C22H32N6O5S/c1-17(2)22-24-21(33-25-22)16-27-9-7-26(8-10-27)15-20(29)23-18-3-5-19(6-4-18)34(30,31)28-11-13-32-14-12-28/h3-6,17H,7-16H2,1-2H3,(H,23,29). The number of hydrogen-bond acceptors (Lipinski definition) is 9. The molecule has 0 spiro atoms. The molecule has 2 aromatic rings. The van der Waals surface area contributed by atoms with Gasteiger partial charge in [-0.3, -0.25) is 14.6 Å². The minimum Gasteiger partial charge on any atom is -0.379 e. The molecular formula is C22H32N6O5S. The predicted molar refractivity (Wildman–Crippen MR) is 125 cm³/mol. The van der Waals surface area contributed by atoms with Crippen LogP contribution in [0.15, 0.2) is 33.7 Å². The molecule has 0 radical (unpaired) electrons. The maximum atomic E-state index is 12.7. The molecular weight excluding hydrogens is 460 g/mol. The molecule has 1 aromatic carbocycles. The van der Waals surface area contributed by atoms with E-state index in [9.17, 15) is 13.2 Å². The molecule has 34 heavy (non-hydrogen) atoms. The van der Waals surface area contributed by atoms with Crippen LogP contribution in [0.3, 0.4) is 0 Å². The first-order valence-electron chi connectivity index (χ1n) is 11.6. The summed E-state index contributed by atoms with van der Waals surface area (Å²) in [4.78, 5) is 21.5. The number of rotatable bonds is 8. The number of carbonyl (C=O) groups excluding carboxylic acids is 1. The fraction of sp³-hybridized carbons (Fsp3) is 0.591. The number of anilines is 1. The summed E-state index contributed by atoms with van der Waals surface area (Å²) < 4.78 is 37.4. The molecule has 0 aliphatic carbocycles. The van der Waals surface area contributed by atoms with Crippen molar-refractivity contribution < 1.29 is 22.5 Å². The molecule has 11 nitrogen and oxygen atoms in total. The zero-order valence-electron chi connectivity index (χ0n) is 19.6. The van der Waals surface area contributed by atoms with E-state index in [1.165, 1.54) is 16.4 Å². The number of morpholine rings is 1. The number of nitrogens with zero attached hydrogens (tertiary/aromatic N) is 5. The van der Waals surface area contributed by atoms with E-state index in [-0.39, 0.29) is 23.3 Å². The third-order valence-corrected chi connectivity index (χ3v) is 7.85. The van der Waals surface area contributed by atoms with Crippen molar-refractivity contribution in [2.75, 3.05) is 64.3 Å². The molecule has 12 heteroatoms. The molecule has 2 aliphatic rings. The second-order valence-electron chi connectivity index (χ2n) is 8.84. The van der Waals surface area contributed by atoms with Crippen LogP contribution >= 0.6 is 0 Å². The van der Waals surface area contributed by atoms with E-state index in [4.69, 9.17) is 9.26 Å². The SMILES string of the molecule is CC(C)c1noc(CN2CCN(CC(=O)Nc3ccc(S(=O)(=O)N4CCOCC4)cc3)CC2)n1. The number of piperazine rings is 1. The second-order valence-corrected chi connectivity index (χ2v) is 10.8. The zero-order chi connectivity index (χ0) is 24.1. The van der Waals surface area contributed by atoms with Crippen LogP contribution in [0, 0.1) is 0 Å². The van der Waals surface area contributed by atoms with Crippen LogP contribution < -0.4 is 5.32 Å². The lowest BCUT2D eigenvalue weighted by Crippen LogP contribution is -2.48. The number of benzene rings is 1. The molecule has 2 aliphatic heterocycles. The highest BCUT2D eigenvalue weighted by atomic mass is 32.2. The average molecular weight is 493 g/mol. The van der Waals surface area contributed by atoms with Crippen molar-refractivity contribution in [1.29, 1.82) is 0 Å². The Morgan fingerprint density at radius 2 is 1.68 bits per heavy atom. The van der Waals surface area contributed by atoms with Gasteiger partial charge in [-0.05, 0) is 24.3 Å². The van der Waals surface area contributed by atoms with Crippen LogP contribution in [-0.4, -0.2) is 97.6 Å². The van der Waals surface area contributed by atoms with Gasteiger partial charge in [-0.1, -0.05) is 19.0 Å². The summed E-state index contributed by atoms with van der Waals surface area (Å²) in [5.41, 5.74) is 0.571. The largest absolute Gasteiger partial charge is 0.379 e. The maximum Gasteiger partial charge on any atom is 0.243 e. The van der Waals surface area contributed by atoms with Crippen LogP contribution in [-0.2, 0) is 26.1 Å². The Kier molecular flexibility index (Phi) is 7.94. The molecule has 2 saturated heterocycles. The summed E-state index contributed by atoms with van der Waals surface area (Å²) in [6.07, 6.45) is 0. The van der Waals surface area contributed by atoms with E-state index in [2.05, 4.69) is 25.3 Å². The van der Waals surface area contributed by atoms with Crippen molar-refractivity contribution in [1.82, 2.24) is 24.2 Å². The molecule has 0 unspecified atom stereocenters. The molecule has 4 rings (SSSR count). The van der Waals surface area contributed by atoms with Gasteiger partial charge in [-0.2, -0.15) is 9.29 Å². The van der Waals surface area contributed by atoms with E-state index in [1.807, 2.05) is 13.8 Å². The number of ether oxygens (including phenoxy) is 1. The van der Waals surface area contributed by atoms with Gasteiger partial charge in [0.15, 0.2) is 5.82 Å². The van der Waals surface area contributed by atoms with Crippen molar-refractivity contribution in [3.05, 3.63) is 36.0 Å². The molecule has 3 heterocycles. The lowest BCUT2D eigenvalue weighted by atomic mass is 10.2. The molecule has 1 aromatic heterocycles. The lowest BCUT2D eigenvalue weighted by molar-refractivity contribution is -0.117. The molecule has 1 amide bonds. The normalized spacial score (nSPS) is 18.9. The summed E-state index contributed by atoms with van der Waals surface area (Å²) in [6, 6.07) is 6.31. The summed E-state index contributed by atoms with van der Waals surface area (Å²) in [7, 11) is -3.55. The van der Waals surface area contributed by atoms with Gasteiger partial charge in [-0.25, -0.2) is 8.42 Å². The van der Waals surface area contributed by atoms with E-state index in [1.54, 1.807) is 12.1 Å². The quantitative estimate of drug-likeness (QED) is 0.574. The first-order valence-corrected chi connectivity index (χ1v) is 13.0. The van der Waals surface area contributed by atoms with Gasteiger partial charge in [0.1, 0.15) is 0 Å². The number of nitrogens with one attached hydrogen (secondary N) is 1. The molecule has 0 saturated carbocycles. The van der Waals surface area contributed by atoms with Crippen molar-refractivity contribution in [2.24, 2.45) is 0 Å². The lowest BCUT2D eigenvalue weighted by Gasteiger charge is -2.33. The third-order valence-electron chi connectivity index (χ3n) is 5.94. The van der Waals surface area contributed by atoms with Crippen LogP contribution in [0.4, 0.5) is 5.69 Å². The van der Waals surface area contributed by atoms with Crippen LogP contribution in [0.2, 0.25) is 0 Å². The maximum absolute atomic E-state index is 12.7. The van der Waals surface area contributed by atoms with Crippen LogP contribution in [0.5, 0.6) is 0 Å². The Morgan fingerprint density at radius 1 is 1.03 bits per heavy atom. The minimum atomic E-state index is -3.55.